The van der Waals surface area contributed by atoms with Crippen LogP contribution in [0.1, 0.15) is 24.0 Å². The summed E-state index contributed by atoms with van der Waals surface area (Å²) in [4.78, 5) is 44.1. The molecule has 2 aromatic carbocycles. The number of halogens is 3. The van der Waals surface area contributed by atoms with E-state index in [0.29, 0.717) is 24.2 Å². The molecule has 9 heteroatoms. The van der Waals surface area contributed by atoms with E-state index in [0.717, 1.165) is 11.3 Å². The van der Waals surface area contributed by atoms with Crippen molar-refractivity contribution in [3.63, 3.8) is 0 Å². The highest BCUT2D eigenvalue weighted by molar-refractivity contribution is 6.36. The third kappa shape index (κ3) is 2.26. The lowest BCUT2D eigenvalue weighted by molar-refractivity contribution is -0.135. The highest BCUT2D eigenvalue weighted by atomic mass is 35.5. The lowest BCUT2D eigenvalue weighted by atomic mass is 9.75. The molecule has 0 bridgehead atoms. The Kier molecular flexibility index (Phi) is 4.11. The zero-order chi connectivity index (χ0) is 22.5. The van der Waals surface area contributed by atoms with Crippen LogP contribution in [0.3, 0.4) is 0 Å². The molecule has 0 aliphatic carbocycles. The highest BCUT2D eigenvalue weighted by Gasteiger charge is 2.75. The van der Waals surface area contributed by atoms with Gasteiger partial charge in [0.15, 0.2) is 0 Å². The number of anilines is 2. The lowest BCUT2D eigenvalue weighted by Gasteiger charge is -2.36. The first kappa shape index (κ1) is 20.1. The van der Waals surface area contributed by atoms with Crippen molar-refractivity contribution >= 4 is 52.3 Å². The van der Waals surface area contributed by atoms with Crippen molar-refractivity contribution in [1.29, 1.82) is 0 Å². The number of nitrogens with one attached hydrogen (secondary N) is 1. The molecule has 4 aliphatic heterocycles. The maximum absolute atomic E-state index is 15.3. The summed E-state index contributed by atoms with van der Waals surface area (Å²) in [7, 11) is 0. The first-order chi connectivity index (χ1) is 15.3. The van der Waals surface area contributed by atoms with Gasteiger partial charge in [-0.05, 0) is 56.1 Å². The van der Waals surface area contributed by atoms with Gasteiger partial charge in [0, 0.05) is 21.7 Å². The Labute approximate surface area is 193 Å². The van der Waals surface area contributed by atoms with Gasteiger partial charge in [0.25, 0.3) is 5.91 Å². The summed E-state index contributed by atoms with van der Waals surface area (Å²) in [5.41, 5.74) is -0.0166. The molecule has 164 valence electrons. The Morgan fingerprint density at radius 1 is 1.09 bits per heavy atom. The van der Waals surface area contributed by atoms with Crippen LogP contribution < -0.4 is 10.2 Å². The molecule has 1 N–H and O–H groups in total. The van der Waals surface area contributed by atoms with Gasteiger partial charge in [-0.3, -0.25) is 19.3 Å². The van der Waals surface area contributed by atoms with E-state index in [1.54, 1.807) is 13.0 Å². The van der Waals surface area contributed by atoms with Crippen LogP contribution in [0, 0.1) is 24.6 Å². The Balaban J connectivity index is 1.59. The average molecular weight is 474 g/mol. The van der Waals surface area contributed by atoms with E-state index in [1.807, 2.05) is 4.90 Å². The number of carbonyl (C=O) groups is 3. The molecule has 4 heterocycles. The number of nitrogens with zero attached hydrogens (tertiary/aromatic N) is 2. The number of hydrogen-bond acceptors (Lipinski definition) is 4. The van der Waals surface area contributed by atoms with E-state index in [-0.39, 0.29) is 27.3 Å². The van der Waals surface area contributed by atoms with E-state index in [1.165, 1.54) is 24.3 Å². The quantitative estimate of drug-likeness (QED) is 0.638. The molecule has 3 amide bonds. The number of rotatable bonds is 1. The molecular weight excluding hydrogens is 456 g/mol. The van der Waals surface area contributed by atoms with Crippen molar-refractivity contribution in [2.75, 3.05) is 16.8 Å². The minimum atomic E-state index is -1.55. The van der Waals surface area contributed by atoms with E-state index in [2.05, 4.69) is 5.32 Å². The molecule has 0 saturated carbocycles. The van der Waals surface area contributed by atoms with Gasteiger partial charge in [0.1, 0.15) is 11.4 Å². The molecule has 2 aromatic rings. The molecule has 0 aromatic heterocycles. The monoisotopic (exact) mass is 473 g/mol. The average Bonchev–Trinajstić information content (AvgIpc) is 3.42. The smallest absolute Gasteiger partial charge is 0.250 e. The van der Waals surface area contributed by atoms with E-state index in [4.69, 9.17) is 23.2 Å². The minimum absolute atomic E-state index is 0.175. The summed E-state index contributed by atoms with van der Waals surface area (Å²) >= 11 is 12.3. The summed E-state index contributed by atoms with van der Waals surface area (Å²) in [5.74, 6) is -3.72. The molecule has 4 unspecified atom stereocenters. The van der Waals surface area contributed by atoms with Crippen molar-refractivity contribution in [2.45, 2.75) is 31.3 Å². The minimum Gasteiger partial charge on any atom is -0.323 e. The molecule has 4 aliphatic rings. The second kappa shape index (κ2) is 6.53. The number of carbonyl (C=O) groups excluding carboxylic acids is 3. The van der Waals surface area contributed by atoms with Crippen LogP contribution in [-0.2, 0) is 19.9 Å². The van der Waals surface area contributed by atoms with Crippen LogP contribution in [0.25, 0.3) is 0 Å². The number of imide groups is 1. The topological polar surface area (TPSA) is 69.7 Å². The Morgan fingerprint density at radius 2 is 1.81 bits per heavy atom. The normalized spacial score (nSPS) is 30.8. The molecule has 6 nitrogen and oxygen atoms in total. The van der Waals surface area contributed by atoms with Gasteiger partial charge >= 0.3 is 0 Å². The Morgan fingerprint density at radius 3 is 2.53 bits per heavy atom. The summed E-state index contributed by atoms with van der Waals surface area (Å²) in [5, 5.41) is 3.40. The largest absolute Gasteiger partial charge is 0.323 e. The van der Waals surface area contributed by atoms with Crippen molar-refractivity contribution in [2.24, 2.45) is 11.8 Å². The fourth-order valence-electron chi connectivity index (χ4n) is 6.33. The molecule has 3 saturated heterocycles. The highest BCUT2D eigenvalue weighted by Crippen LogP contribution is 2.61. The van der Waals surface area contributed by atoms with Crippen LogP contribution in [0.4, 0.5) is 15.8 Å². The molecule has 32 heavy (non-hydrogen) atoms. The predicted molar refractivity (Wildman–Crippen MR) is 117 cm³/mol. The van der Waals surface area contributed by atoms with Gasteiger partial charge in [-0.2, -0.15) is 0 Å². The fourth-order valence-corrected chi connectivity index (χ4v) is 6.85. The number of hydrogen-bond donors (Lipinski definition) is 1. The van der Waals surface area contributed by atoms with Crippen LogP contribution in [0.15, 0.2) is 30.3 Å². The van der Waals surface area contributed by atoms with E-state index in [9.17, 15) is 14.4 Å². The van der Waals surface area contributed by atoms with Gasteiger partial charge in [0.2, 0.25) is 11.8 Å². The summed E-state index contributed by atoms with van der Waals surface area (Å²) in [6, 6.07) is 7.10. The summed E-state index contributed by atoms with van der Waals surface area (Å²) < 4.78 is 15.3. The van der Waals surface area contributed by atoms with Crippen molar-refractivity contribution in [3.05, 3.63) is 57.3 Å². The van der Waals surface area contributed by atoms with Gasteiger partial charge < -0.3 is 5.32 Å². The van der Waals surface area contributed by atoms with Gasteiger partial charge in [-0.25, -0.2) is 9.29 Å². The molecule has 6 rings (SSSR count). The van der Waals surface area contributed by atoms with Gasteiger partial charge in [-0.15, -0.1) is 0 Å². The fraction of sp³-hybridized carbons (Fsp3) is 0.348. The lowest BCUT2D eigenvalue weighted by Crippen LogP contribution is -2.54. The number of fused-ring (bicyclic) bond motifs is 7. The molecule has 0 radical (unpaired) electrons. The van der Waals surface area contributed by atoms with E-state index >= 15 is 4.39 Å². The van der Waals surface area contributed by atoms with Crippen molar-refractivity contribution in [1.82, 2.24) is 4.90 Å². The van der Waals surface area contributed by atoms with Crippen LogP contribution in [0.2, 0.25) is 10.0 Å². The number of benzene rings is 2. The first-order valence-electron chi connectivity index (χ1n) is 10.5. The maximum Gasteiger partial charge on any atom is 0.250 e. The third-order valence-electron chi connectivity index (χ3n) is 7.40. The molecule has 1 spiro atoms. The molecule has 3 fully saturated rings. The van der Waals surface area contributed by atoms with Gasteiger partial charge in [0.05, 0.1) is 23.2 Å². The predicted octanol–water partition coefficient (Wildman–Crippen LogP) is 3.87. The third-order valence-corrected chi connectivity index (χ3v) is 7.84. The molecular formula is C23H18Cl2FN3O3. The summed E-state index contributed by atoms with van der Waals surface area (Å²) in [6.07, 6.45) is 1.41. The first-order valence-corrected chi connectivity index (χ1v) is 11.2. The maximum atomic E-state index is 15.3. The van der Waals surface area contributed by atoms with Crippen LogP contribution in [0.5, 0.6) is 0 Å². The van der Waals surface area contributed by atoms with Crippen LogP contribution >= 0.6 is 23.2 Å². The summed E-state index contributed by atoms with van der Waals surface area (Å²) in [6.45, 7) is 2.30. The second-order valence-corrected chi connectivity index (χ2v) is 9.75. The zero-order valence-corrected chi connectivity index (χ0v) is 18.5. The van der Waals surface area contributed by atoms with Crippen molar-refractivity contribution in [3.8, 4) is 0 Å². The second-order valence-electron chi connectivity index (χ2n) is 8.88. The SMILES string of the molecule is Cc1ccc(F)c2c1NC(=O)C21C2C(=O)N(c3cc(Cl)cc(Cl)c3)C(=O)C2C2CCCN21. The standard InChI is InChI=1S/C23H18Cl2FN3O3/c1-10-4-5-14(26)17-19(10)27-22(32)23(17)18-16(15-3-2-6-28(15)23)20(30)29(21(18)31)13-8-11(24)7-12(25)9-13/h4-5,7-9,15-16,18H,2-3,6H2,1H3,(H,27,32). The Hall–Kier alpha value is -2.48. The molecule has 4 atom stereocenters. The van der Waals surface area contributed by atoms with Crippen molar-refractivity contribution < 1.29 is 18.8 Å². The Bertz CT molecular complexity index is 1230. The zero-order valence-electron chi connectivity index (χ0n) is 17.0. The van der Waals surface area contributed by atoms with E-state index < -0.39 is 40.9 Å². The van der Waals surface area contributed by atoms with Gasteiger partial charge in [-0.1, -0.05) is 29.3 Å². The number of aryl methyl sites for hydroxylation is 1. The number of amides is 3. The van der Waals surface area contributed by atoms with Crippen LogP contribution in [-0.4, -0.2) is 35.2 Å².